The molecule has 0 bridgehead atoms. The van der Waals surface area contributed by atoms with Gasteiger partial charge in [0.2, 0.25) is 0 Å². The summed E-state index contributed by atoms with van der Waals surface area (Å²) in [6.07, 6.45) is 1.70. The second-order valence-electron chi connectivity index (χ2n) is 7.18. The standard InChI is InChI=1S/C25H23NO4S/c1-3-4-14-29-25(28)22-23(27)20-15-21(31-24(20)16(2)26-22)17-10-12-19(13-11-17)30-18-8-6-5-7-9-18/h5-13,15,27H,3-4,14H2,1-2H3. The molecule has 0 spiro atoms. The smallest absolute Gasteiger partial charge is 0.360 e. The van der Waals surface area contributed by atoms with Gasteiger partial charge in [-0.15, -0.1) is 11.3 Å². The van der Waals surface area contributed by atoms with Gasteiger partial charge >= 0.3 is 5.97 Å². The lowest BCUT2D eigenvalue weighted by Gasteiger charge is -2.07. The molecule has 0 atom stereocenters. The van der Waals surface area contributed by atoms with Crippen molar-refractivity contribution in [2.75, 3.05) is 6.61 Å². The molecule has 158 valence electrons. The molecule has 0 aliphatic heterocycles. The molecule has 0 aliphatic rings. The third kappa shape index (κ3) is 4.54. The van der Waals surface area contributed by atoms with E-state index in [1.807, 2.05) is 74.5 Å². The Bertz CT molecular complexity index is 1200. The minimum Gasteiger partial charge on any atom is -0.505 e. The average Bonchev–Trinajstić information content (AvgIpc) is 3.24. The first-order valence-electron chi connectivity index (χ1n) is 10.2. The molecule has 2 heterocycles. The topological polar surface area (TPSA) is 68.7 Å². The molecule has 0 amide bonds. The van der Waals surface area contributed by atoms with Crippen LogP contribution in [0.5, 0.6) is 17.2 Å². The number of carbonyl (C=O) groups is 1. The van der Waals surface area contributed by atoms with E-state index in [4.69, 9.17) is 9.47 Å². The SMILES string of the molecule is CCCCOC(=O)c1nc(C)c2sc(-c3ccc(Oc4ccccc4)cc3)cc2c1O. The summed E-state index contributed by atoms with van der Waals surface area (Å²) >= 11 is 1.53. The maximum Gasteiger partial charge on any atom is 0.360 e. The van der Waals surface area contributed by atoms with Crippen molar-refractivity contribution in [2.24, 2.45) is 0 Å². The highest BCUT2D eigenvalue weighted by Gasteiger charge is 2.21. The van der Waals surface area contributed by atoms with E-state index in [-0.39, 0.29) is 11.4 Å². The number of nitrogens with zero attached hydrogens (tertiary/aromatic N) is 1. The Morgan fingerprint density at radius 2 is 1.77 bits per heavy atom. The van der Waals surface area contributed by atoms with Crippen molar-refractivity contribution in [3.05, 3.63) is 72.1 Å². The summed E-state index contributed by atoms with van der Waals surface area (Å²) in [7, 11) is 0. The highest BCUT2D eigenvalue weighted by atomic mass is 32.1. The van der Waals surface area contributed by atoms with E-state index in [0.717, 1.165) is 39.5 Å². The monoisotopic (exact) mass is 433 g/mol. The normalized spacial score (nSPS) is 10.9. The van der Waals surface area contributed by atoms with E-state index in [0.29, 0.717) is 17.7 Å². The van der Waals surface area contributed by atoms with Crippen LogP contribution in [-0.4, -0.2) is 22.7 Å². The molecule has 0 fully saturated rings. The largest absolute Gasteiger partial charge is 0.505 e. The number of rotatable bonds is 7. The second-order valence-corrected chi connectivity index (χ2v) is 8.23. The van der Waals surface area contributed by atoms with Crippen LogP contribution in [0.3, 0.4) is 0 Å². The Morgan fingerprint density at radius 3 is 2.48 bits per heavy atom. The van der Waals surface area contributed by atoms with Gasteiger partial charge in [-0.25, -0.2) is 9.78 Å². The lowest BCUT2D eigenvalue weighted by Crippen LogP contribution is -2.09. The van der Waals surface area contributed by atoms with Crippen LogP contribution in [-0.2, 0) is 4.74 Å². The molecular weight excluding hydrogens is 410 g/mol. The highest BCUT2D eigenvalue weighted by molar-refractivity contribution is 7.22. The van der Waals surface area contributed by atoms with Crippen LogP contribution in [0.2, 0.25) is 0 Å². The molecule has 6 heteroatoms. The maximum atomic E-state index is 12.3. The average molecular weight is 434 g/mol. The van der Waals surface area contributed by atoms with Crippen molar-refractivity contribution < 1.29 is 19.4 Å². The van der Waals surface area contributed by atoms with E-state index >= 15 is 0 Å². The zero-order valence-corrected chi connectivity index (χ0v) is 18.2. The van der Waals surface area contributed by atoms with Crippen molar-refractivity contribution in [3.8, 4) is 27.7 Å². The summed E-state index contributed by atoms with van der Waals surface area (Å²) in [6.45, 7) is 4.18. The zero-order chi connectivity index (χ0) is 21.8. The van der Waals surface area contributed by atoms with E-state index in [1.54, 1.807) is 0 Å². The van der Waals surface area contributed by atoms with Crippen LogP contribution in [0.1, 0.15) is 35.9 Å². The van der Waals surface area contributed by atoms with Gasteiger partial charge in [0, 0.05) is 10.3 Å². The lowest BCUT2D eigenvalue weighted by molar-refractivity contribution is 0.0489. The molecular formula is C25H23NO4S. The number of aromatic nitrogens is 1. The number of hydrogen-bond acceptors (Lipinski definition) is 6. The number of unbranched alkanes of at least 4 members (excludes halogenated alkanes) is 1. The fraction of sp³-hybridized carbons (Fsp3) is 0.200. The van der Waals surface area contributed by atoms with E-state index in [9.17, 15) is 9.90 Å². The first-order chi connectivity index (χ1) is 15.1. The number of ether oxygens (including phenoxy) is 2. The van der Waals surface area contributed by atoms with Gasteiger partial charge in [-0.1, -0.05) is 31.5 Å². The van der Waals surface area contributed by atoms with Gasteiger partial charge in [-0.05, 0) is 61.4 Å². The van der Waals surface area contributed by atoms with Gasteiger partial charge in [0.05, 0.1) is 17.0 Å². The first kappa shape index (κ1) is 20.9. The minimum atomic E-state index is -0.592. The number of thiophene rings is 1. The third-order valence-electron chi connectivity index (χ3n) is 4.86. The third-order valence-corrected chi connectivity index (χ3v) is 6.15. The summed E-state index contributed by atoms with van der Waals surface area (Å²) < 4.78 is 11.9. The fourth-order valence-corrected chi connectivity index (χ4v) is 4.32. The summed E-state index contributed by atoms with van der Waals surface area (Å²) in [5.74, 6) is 0.802. The number of aryl methyl sites for hydroxylation is 1. The Morgan fingerprint density at radius 1 is 1.06 bits per heavy atom. The van der Waals surface area contributed by atoms with Crippen LogP contribution in [0.4, 0.5) is 0 Å². The number of aromatic hydroxyl groups is 1. The molecule has 2 aromatic carbocycles. The van der Waals surface area contributed by atoms with E-state index < -0.39 is 5.97 Å². The number of fused-ring (bicyclic) bond motifs is 1. The van der Waals surface area contributed by atoms with Crippen molar-refractivity contribution >= 4 is 27.4 Å². The number of hydrogen-bond donors (Lipinski definition) is 1. The van der Waals surface area contributed by atoms with Crippen molar-refractivity contribution in [1.29, 1.82) is 0 Å². The Kier molecular flexibility index (Phi) is 6.18. The Balaban J connectivity index is 1.61. The molecule has 4 rings (SSSR count). The lowest BCUT2D eigenvalue weighted by atomic mass is 10.1. The summed E-state index contributed by atoms with van der Waals surface area (Å²) in [5.41, 5.74) is 1.65. The van der Waals surface area contributed by atoms with Gasteiger partial charge in [-0.2, -0.15) is 0 Å². The van der Waals surface area contributed by atoms with Crippen LogP contribution >= 0.6 is 11.3 Å². The van der Waals surface area contributed by atoms with E-state index in [2.05, 4.69) is 4.98 Å². The van der Waals surface area contributed by atoms with Gasteiger partial charge in [0.1, 0.15) is 11.5 Å². The number of benzene rings is 2. The second kappa shape index (κ2) is 9.18. The molecule has 0 radical (unpaired) electrons. The Labute approximate surface area is 184 Å². The van der Waals surface area contributed by atoms with Crippen LogP contribution in [0, 0.1) is 6.92 Å². The number of para-hydroxylation sites is 1. The van der Waals surface area contributed by atoms with Gasteiger partial charge in [-0.3, -0.25) is 0 Å². The van der Waals surface area contributed by atoms with Crippen LogP contribution in [0.25, 0.3) is 20.5 Å². The van der Waals surface area contributed by atoms with Gasteiger partial charge in [0.25, 0.3) is 0 Å². The number of pyridine rings is 1. The number of esters is 1. The molecule has 1 N–H and O–H groups in total. The molecule has 31 heavy (non-hydrogen) atoms. The molecule has 0 saturated carbocycles. The zero-order valence-electron chi connectivity index (χ0n) is 17.4. The summed E-state index contributed by atoms with van der Waals surface area (Å²) in [4.78, 5) is 17.6. The summed E-state index contributed by atoms with van der Waals surface area (Å²) in [6, 6.07) is 19.3. The molecule has 5 nitrogen and oxygen atoms in total. The first-order valence-corrected chi connectivity index (χ1v) is 11.0. The molecule has 0 saturated heterocycles. The number of carbonyl (C=O) groups excluding carboxylic acids is 1. The molecule has 0 unspecified atom stereocenters. The quantitative estimate of drug-likeness (QED) is 0.259. The molecule has 0 aliphatic carbocycles. The van der Waals surface area contributed by atoms with Gasteiger partial charge in [0.15, 0.2) is 11.4 Å². The molecule has 2 aromatic heterocycles. The maximum absolute atomic E-state index is 12.3. The van der Waals surface area contributed by atoms with Crippen LogP contribution in [0.15, 0.2) is 60.7 Å². The van der Waals surface area contributed by atoms with Crippen LogP contribution < -0.4 is 4.74 Å². The summed E-state index contributed by atoms with van der Waals surface area (Å²) in [5, 5.41) is 11.3. The van der Waals surface area contributed by atoms with Gasteiger partial charge < -0.3 is 14.6 Å². The predicted molar refractivity (Wildman–Crippen MR) is 123 cm³/mol. The fourth-order valence-electron chi connectivity index (χ4n) is 3.21. The van der Waals surface area contributed by atoms with Crippen molar-refractivity contribution in [1.82, 2.24) is 4.98 Å². The van der Waals surface area contributed by atoms with Crippen molar-refractivity contribution in [3.63, 3.8) is 0 Å². The Hall–Kier alpha value is -3.38. The highest BCUT2D eigenvalue weighted by Crippen LogP contribution is 2.40. The minimum absolute atomic E-state index is 0.0305. The van der Waals surface area contributed by atoms with Crippen molar-refractivity contribution in [2.45, 2.75) is 26.7 Å². The molecule has 4 aromatic rings. The van der Waals surface area contributed by atoms with E-state index in [1.165, 1.54) is 11.3 Å². The predicted octanol–water partition coefficient (Wildman–Crippen LogP) is 6.73.